The molecule has 0 aliphatic carbocycles. The van der Waals surface area contributed by atoms with Gasteiger partial charge >= 0.3 is 0 Å². The molecular formula is C60H38N4. The first-order valence-electron chi connectivity index (χ1n) is 21.8. The monoisotopic (exact) mass is 814 g/mol. The van der Waals surface area contributed by atoms with E-state index in [-0.39, 0.29) is 0 Å². The molecular weight excluding hydrogens is 777 g/mol. The Hall–Kier alpha value is -8.60. The van der Waals surface area contributed by atoms with E-state index in [1.165, 1.54) is 71.1 Å². The summed E-state index contributed by atoms with van der Waals surface area (Å²) in [7, 11) is 0. The van der Waals surface area contributed by atoms with Crippen LogP contribution in [0, 0.1) is 0 Å². The van der Waals surface area contributed by atoms with E-state index in [2.05, 4.69) is 222 Å². The third-order valence-corrected chi connectivity index (χ3v) is 12.9. The quantitative estimate of drug-likeness (QED) is 0.161. The molecule has 0 saturated carbocycles. The van der Waals surface area contributed by atoms with Crippen molar-refractivity contribution < 1.29 is 0 Å². The van der Waals surface area contributed by atoms with Crippen LogP contribution < -0.4 is 4.90 Å². The summed E-state index contributed by atoms with van der Waals surface area (Å²) in [5.74, 6) is 0. The molecule has 9 aromatic carbocycles. The van der Waals surface area contributed by atoms with Gasteiger partial charge in [-0.1, -0.05) is 158 Å². The van der Waals surface area contributed by atoms with Crippen LogP contribution in [0.15, 0.2) is 231 Å². The Morgan fingerprint density at radius 1 is 0.344 bits per heavy atom. The van der Waals surface area contributed by atoms with Crippen molar-refractivity contribution >= 4 is 76.8 Å². The second-order valence-corrected chi connectivity index (χ2v) is 16.6. The Labute approximate surface area is 369 Å². The number of para-hydroxylation sites is 2. The zero-order valence-electron chi connectivity index (χ0n) is 34.7. The second kappa shape index (κ2) is 14.5. The maximum absolute atomic E-state index is 5.21. The van der Waals surface area contributed by atoms with Gasteiger partial charge in [0.15, 0.2) is 0 Å². The van der Waals surface area contributed by atoms with Crippen LogP contribution in [0.1, 0.15) is 0 Å². The third kappa shape index (κ3) is 5.84. The average Bonchev–Trinajstić information content (AvgIpc) is 3.89. The summed E-state index contributed by atoms with van der Waals surface area (Å²) in [6, 6.07) is 80.9. The van der Waals surface area contributed by atoms with Gasteiger partial charge in [0.2, 0.25) is 0 Å². The summed E-state index contributed by atoms with van der Waals surface area (Å²) in [5, 5.41) is 8.71. The molecule has 0 N–H and O–H groups in total. The topological polar surface area (TPSA) is 33.4 Å². The van der Waals surface area contributed by atoms with E-state index in [1.807, 2.05) is 18.3 Å². The number of fused-ring (bicyclic) bond motifs is 8. The van der Waals surface area contributed by atoms with Gasteiger partial charge in [0, 0.05) is 61.3 Å². The maximum atomic E-state index is 5.21. The third-order valence-electron chi connectivity index (χ3n) is 12.9. The van der Waals surface area contributed by atoms with Crippen LogP contribution in [-0.2, 0) is 0 Å². The van der Waals surface area contributed by atoms with Gasteiger partial charge in [0.05, 0.1) is 33.5 Å². The zero-order chi connectivity index (χ0) is 42.1. The van der Waals surface area contributed by atoms with Crippen molar-refractivity contribution in [2.75, 3.05) is 4.90 Å². The molecule has 0 radical (unpaired) electrons. The zero-order valence-corrected chi connectivity index (χ0v) is 34.7. The van der Waals surface area contributed by atoms with E-state index in [0.29, 0.717) is 0 Å². The summed E-state index contributed by atoms with van der Waals surface area (Å²) in [4.78, 5) is 12.3. The SMILES string of the molecule is c1ccc(-c2nc(-c3ccc(N(c4ccc(-c5ccc6ccccc6c5)cc4)c4ccc(-c5ccc6c7cccc8c9ccccc9n(c6c5)c87)cc4)cc3)cc3cccnc23)cc1. The van der Waals surface area contributed by atoms with E-state index in [0.717, 1.165) is 50.5 Å². The summed E-state index contributed by atoms with van der Waals surface area (Å²) < 4.78 is 2.45. The van der Waals surface area contributed by atoms with Crippen LogP contribution in [0.2, 0.25) is 0 Å². The van der Waals surface area contributed by atoms with Crippen LogP contribution in [0.4, 0.5) is 17.1 Å². The van der Waals surface area contributed by atoms with Gasteiger partial charge in [-0.3, -0.25) is 4.98 Å². The highest BCUT2D eigenvalue weighted by molar-refractivity contribution is 6.23. The maximum Gasteiger partial charge on any atom is 0.0972 e. The molecule has 4 heterocycles. The van der Waals surface area contributed by atoms with Crippen molar-refractivity contribution in [3.63, 3.8) is 0 Å². The summed E-state index contributed by atoms with van der Waals surface area (Å²) >= 11 is 0. The molecule has 0 unspecified atom stereocenters. The van der Waals surface area contributed by atoms with E-state index < -0.39 is 0 Å². The van der Waals surface area contributed by atoms with Crippen molar-refractivity contribution in [2.45, 2.75) is 0 Å². The van der Waals surface area contributed by atoms with E-state index in [9.17, 15) is 0 Å². The average molecular weight is 815 g/mol. The van der Waals surface area contributed by atoms with Crippen molar-refractivity contribution in [3.05, 3.63) is 231 Å². The lowest BCUT2D eigenvalue weighted by molar-refractivity contribution is 1.28. The van der Waals surface area contributed by atoms with Gasteiger partial charge in [-0.25, -0.2) is 4.98 Å². The van der Waals surface area contributed by atoms with Crippen molar-refractivity contribution in [3.8, 4) is 44.8 Å². The Morgan fingerprint density at radius 3 is 1.64 bits per heavy atom. The molecule has 0 fully saturated rings. The Bertz CT molecular complexity index is 3870. The molecule has 0 atom stereocenters. The Kier molecular flexibility index (Phi) is 8.18. The van der Waals surface area contributed by atoms with Gasteiger partial charge in [-0.05, 0) is 99.8 Å². The molecule has 0 saturated heterocycles. The number of pyridine rings is 2. The normalized spacial score (nSPS) is 11.8. The number of rotatable bonds is 7. The molecule has 4 heteroatoms. The van der Waals surface area contributed by atoms with Gasteiger partial charge < -0.3 is 9.30 Å². The molecule has 4 aromatic heterocycles. The van der Waals surface area contributed by atoms with Crippen molar-refractivity contribution in [1.82, 2.24) is 14.4 Å². The van der Waals surface area contributed by atoms with Crippen LogP contribution in [0.5, 0.6) is 0 Å². The molecule has 0 aliphatic rings. The van der Waals surface area contributed by atoms with Crippen LogP contribution in [-0.4, -0.2) is 14.4 Å². The lowest BCUT2D eigenvalue weighted by Gasteiger charge is -2.26. The smallest absolute Gasteiger partial charge is 0.0972 e. The number of hydrogen-bond acceptors (Lipinski definition) is 3. The molecule has 4 nitrogen and oxygen atoms in total. The Morgan fingerprint density at radius 2 is 0.906 bits per heavy atom. The minimum absolute atomic E-state index is 0.883. The molecule has 64 heavy (non-hydrogen) atoms. The number of benzene rings is 9. The molecule has 0 bridgehead atoms. The summed E-state index contributed by atoms with van der Waals surface area (Å²) in [6.07, 6.45) is 1.84. The van der Waals surface area contributed by atoms with Gasteiger partial charge in [0.1, 0.15) is 0 Å². The fraction of sp³-hybridized carbons (Fsp3) is 0. The molecule has 0 aliphatic heterocycles. The summed E-state index contributed by atoms with van der Waals surface area (Å²) in [5.41, 5.74) is 16.5. The fourth-order valence-corrected chi connectivity index (χ4v) is 9.84. The van der Waals surface area contributed by atoms with Crippen molar-refractivity contribution in [1.29, 1.82) is 0 Å². The standard InChI is InChI=1S/C60H38N4/c1-2-11-43(12-3-1)59-58-47(14-9-35-61-58)37-55(62-59)42-25-32-50(33-26-42)63(48-28-21-40(22-29-48)45-20-19-39-10-4-5-13-44(39)36-45)49-30-23-41(24-31-49)46-27-34-52-54-17-8-16-53-51-15-6-7-18-56(51)64(60(53)54)57(52)38-46/h1-38H. The van der Waals surface area contributed by atoms with Gasteiger partial charge in [-0.15, -0.1) is 0 Å². The first-order valence-corrected chi connectivity index (χ1v) is 21.8. The molecule has 0 spiro atoms. The number of nitrogens with zero attached hydrogens (tertiary/aromatic N) is 4. The molecule has 13 aromatic rings. The predicted octanol–water partition coefficient (Wildman–Crippen LogP) is 16.1. The Balaban J connectivity index is 0.899. The minimum Gasteiger partial charge on any atom is -0.311 e. The highest BCUT2D eigenvalue weighted by Crippen LogP contribution is 2.42. The fourth-order valence-electron chi connectivity index (χ4n) is 9.84. The largest absolute Gasteiger partial charge is 0.311 e. The minimum atomic E-state index is 0.883. The highest BCUT2D eigenvalue weighted by Gasteiger charge is 2.19. The van der Waals surface area contributed by atoms with Crippen molar-refractivity contribution in [2.24, 2.45) is 0 Å². The lowest BCUT2D eigenvalue weighted by atomic mass is 10.0. The van der Waals surface area contributed by atoms with E-state index in [4.69, 9.17) is 9.97 Å². The predicted molar refractivity (Wildman–Crippen MR) is 268 cm³/mol. The first kappa shape index (κ1) is 36.1. The first-order chi connectivity index (χ1) is 31.7. The second-order valence-electron chi connectivity index (χ2n) is 16.6. The molecule has 298 valence electrons. The van der Waals surface area contributed by atoms with Gasteiger partial charge in [-0.2, -0.15) is 0 Å². The lowest BCUT2D eigenvalue weighted by Crippen LogP contribution is -2.09. The van der Waals surface area contributed by atoms with Crippen LogP contribution in [0.3, 0.4) is 0 Å². The van der Waals surface area contributed by atoms with Gasteiger partial charge in [0.25, 0.3) is 0 Å². The van der Waals surface area contributed by atoms with Crippen LogP contribution in [0.25, 0.3) is 105 Å². The van der Waals surface area contributed by atoms with Crippen LogP contribution >= 0.6 is 0 Å². The number of anilines is 3. The molecule has 0 amide bonds. The summed E-state index contributed by atoms with van der Waals surface area (Å²) in [6.45, 7) is 0. The van der Waals surface area contributed by atoms with E-state index >= 15 is 0 Å². The number of aromatic nitrogens is 3. The highest BCUT2D eigenvalue weighted by atomic mass is 15.1. The number of hydrogen-bond donors (Lipinski definition) is 0. The molecule has 13 rings (SSSR count). The van der Waals surface area contributed by atoms with E-state index in [1.54, 1.807) is 0 Å².